The van der Waals surface area contributed by atoms with Crippen molar-refractivity contribution in [2.75, 3.05) is 13.7 Å². The van der Waals surface area contributed by atoms with Crippen LogP contribution in [0, 0.1) is 5.92 Å². The Morgan fingerprint density at radius 3 is 2.42 bits per heavy atom. The minimum Gasteiger partial charge on any atom is -0.468 e. The molecular formula is C8H17NO3. The maximum absolute atomic E-state index is 11.1. The molecule has 12 heavy (non-hydrogen) atoms. The molecule has 4 heteroatoms. The van der Waals surface area contributed by atoms with Crippen LogP contribution in [0.3, 0.4) is 0 Å². The van der Waals surface area contributed by atoms with Gasteiger partial charge < -0.3 is 15.6 Å². The Bertz CT molecular complexity index is 158. The standard InChI is InChI=1S/C8H17NO3/c1-6(2)4-8(9,5-10)7(11)12-3/h6,10H,4-5,9H2,1-3H3. The van der Waals surface area contributed by atoms with Crippen molar-refractivity contribution >= 4 is 5.97 Å². The summed E-state index contributed by atoms with van der Waals surface area (Å²) in [6, 6.07) is 0. The first-order valence-electron chi connectivity index (χ1n) is 3.94. The van der Waals surface area contributed by atoms with Gasteiger partial charge in [-0.25, -0.2) is 4.79 Å². The monoisotopic (exact) mass is 175 g/mol. The topological polar surface area (TPSA) is 72.5 Å². The van der Waals surface area contributed by atoms with E-state index in [0.29, 0.717) is 6.42 Å². The summed E-state index contributed by atoms with van der Waals surface area (Å²) < 4.78 is 4.48. The normalized spacial score (nSPS) is 15.8. The molecule has 0 aromatic rings. The van der Waals surface area contributed by atoms with Gasteiger partial charge in [0.15, 0.2) is 0 Å². The number of carbonyl (C=O) groups is 1. The number of nitrogens with two attached hydrogens (primary N) is 1. The van der Waals surface area contributed by atoms with E-state index in [0.717, 1.165) is 0 Å². The van der Waals surface area contributed by atoms with Gasteiger partial charge in [0.25, 0.3) is 0 Å². The van der Waals surface area contributed by atoms with Gasteiger partial charge in [0.2, 0.25) is 0 Å². The van der Waals surface area contributed by atoms with E-state index >= 15 is 0 Å². The molecule has 0 aromatic carbocycles. The summed E-state index contributed by atoms with van der Waals surface area (Å²) >= 11 is 0. The first kappa shape index (κ1) is 11.4. The Hall–Kier alpha value is -0.610. The molecular weight excluding hydrogens is 158 g/mol. The van der Waals surface area contributed by atoms with Crippen LogP contribution in [0.15, 0.2) is 0 Å². The van der Waals surface area contributed by atoms with Crippen LogP contribution in [0.4, 0.5) is 0 Å². The molecule has 3 N–H and O–H groups in total. The van der Waals surface area contributed by atoms with Crippen molar-refractivity contribution in [2.24, 2.45) is 11.7 Å². The summed E-state index contributed by atoms with van der Waals surface area (Å²) in [5, 5.41) is 8.91. The van der Waals surface area contributed by atoms with E-state index in [1.165, 1.54) is 7.11 Å². The highest BCUT2D eigenvalue weighted by atomic mass is 16.5. The zero-order chi connectivity index (χ0) is 9.78. The Morgan fingerprint density at radius 1 is 1.67 bits per heavy atom. The maximum Gasteiger partial charge on any atom is 0.328 e. The van der Waals surface area contributed by atoms with Crippen molar-refractivity contribution in [2.45, 2.75) is 25.8 Å². The second-order valence-corrected chi connectivity index (χ2v) is 3.40. The molecule has 0 aromatic heterocycles. The summed E-state index contributed by atoms with van der Waals surface area (Å²) in [6.07, 6.45) is 0.427. The van der Waals surface area contributed by atoms with Crippen molar-refractivity contribution in [3.8, 4) is 0 Å². The number of ether oxygens (including phenoxy) is 1. The largest absolute Gasteiger partial charge is 0.468 e. The lowest BCUT2D eigenvalue weighted by Gasteiger charge is -2.25. The molecule has 0 spiro atoms. The number of aliphatic hydroxyl groups is 1. The number of hydrogen-bond acceptors (Lipinski definition) is 4. The Kier molecular flexibility index (Phi) is 4.20. The third kappa shape index (κ3) is 2.79. The number of rotatable bonds is 4. The van der Waals surface area contributed by atoms with Crippen LogP contribution >= 0.6 is 0 Å². The molecule has 0 radical (unpaired) electrons. The Balaban J connectivity index is 4.33. The van der Waals surface area contributed by atoms with Gasteiger partial charge in [0.1, 0.15) is 5.54 Å². The SMILES string of the molecule is COC(=O)C(N)(CO)CC(C)C. The smallest absolute Gasteiger partial charge is 0.328 e. The molecule has 0 saturated heterocycles. The molecule has 0 amide bonds. The van der Waals surface area contributed by atoms with Gasteiger partial charge in [0, 0.05) is 0 Å². The molecule has 0 bridgehead atoms. The average Bonchev–Trinajstić information content (AvgIpc) is 2.01. The van der Waals surface area contributed by atoms with Gasteiger partial charge in [-0.15, -0.1) is 0 Å². The lowest BCUT2D eigenvalue weighted by atomic mass is 9.91. The van der Waals surface area contributed by atoms with Crippen molar-refractivity contribution < 1.29 is 14.6 Å². The third-order valence-corrected chi connectivity index (χ3v) is 1.65. The van der Waals surface area contributed by atoms with Crippen LogP contribution in [0.5, 0.6) is 0 Å². The predicted molar refractivity (Wildman–Crippen MR) is 45.5 cm³/mol. The van der Waals surface area contributed by atoms with Gasteiger partial charge in [-0.2, -0.15) is 0 Å². The van der Waals surface area contributed by atoms with Crippen LogP contribution in [0.25, 0.3) is 0 Å². The summed E-state index contributed by atoms with van der Waals surface area (Å²) in [4.78, 5) is 11.1. The minimum absolute atomic E-state index is 0.251. The molecule has 0 fully saturated rings. The Morgan fingerprint density at radius 2 is 2.17 bits per heavy atom. The lowest BCUT2D eigenvalue weighted by molar-refractivity contribution is -0.149. The van der Waals surface area contributed by atoms with E-state index in [-0.39, 0.29) is 12.5 Å². The van der Waals surface area contributed by atoms with E-state index in [1.54, 1.807) is 0 Å². The van der Waals surface area contributed by atoms with Gasteiger partial charge in [0.05, 0.1) is 13.7 Å². The van der Waals surface area contributed by atoms with E-state index in [4.69, 9.17) is 10.8 Å². The van der Waals surface area contributed by atoms with Crippen LogP contribution in [0.1, 0.15) is 20.3 Å². The molecule has 0 aliphatic rings. The van der Waals surface area contributed by atoms with E-state index in [2.05, 4.69) is 4.74 Å². The predicted octanol–water partition coefficient (Wildman–Crippen LogP) is -0.105. The van der Waals surface area contributed by atoms with Gasteiger partial charge in [-0.3, -0.25) is 0 Å². The zero-order valence-corrected chi connectivity index (χ0v) is 7.83. The highest BCUT2D eigenvalue weighted by Gasteiger charge is 2.34. The van der Waals surface area contributed by atoms with Crippen LogP contribution in [0.2, 0.25) is 0 Å². The molecule has 0 heterocycles. The first-order valence-corrected chi connectivity index (χ1v) is 3.94. The molecule has 72 valence electrons. The van der Waals surface area contributed by atoms with E-state index < -0.39 is 11.5 Å². The summed E-state index contributed by atoms with van der Waals surface area (Å²) in [5.74, 6) is -0.306. The first-order chi connectivity index (χ1) is 5.46. The maximum atomic E-state index is 11.1. The summed E-state index contributed by atoms with van der Waals surface area (Å²) in [6.45, 7) is 3.48. The number of carbonyl (C=O) groups excluding carboxylic acids is 1. The van der Waals surface area contributed by atoms with Gasteiger partial charge in [-0.05, 0) is 12.3 Å². The van der Waals surface area contributed by atoms with Crippen LogP contribution in [-0.2, 0) is 9.53 Å². The molecule has 0 saturated carbocycles. The van der Waals surface area contributed by atoms with E-state index in [1.807, 2.05) is 13.8 Å². The fourth-order valence-corrected chi connectivity index (χ4v) is 1.14. The van der Waals surface area contributed by atoms with Crippen molar-refractivity contribution in [1.82, 2.24) is 0 Å². The number of methoxy groups -OCH3 is 1. The summed E-state index contributed by atoms with van der Waals surface area (Å²) in [7, 11) is 1.26. The third-order valence-electron chi connectivity index (χ3n) is 1.65. The average molecular weight is 175 g/mol. The van der Waals surface area contributed by atoms with E-state index in [9.17, 15) is 4.79 Å². The zero-order valence-electron chi connectivity index (χ0n) is 7.83. The quantitative estimate of drug-likeness (QED) is 0.585. The number of hydrogen-bond donors (Lipinski definition) is 2. The van der Waals surface area contributed by atoms with Crippen molar-refractivity contribution in [1.29, 1.82) is 0 Å². The van der Waals surface area contributed by atoms with Crippen molar-refractivity contribution in [3.05, 3.63) is 0 Å². The fourth-order valence-electron chi connectivity index (χ4n) is 1.14. The molecule has 1 unspecified atom stereocenters. The summed E-state index contributed by atoms with van der Waals surface area (Å²) in [5.41, 5.74) is 4.39. The van der Waals surface area contributed by atoms with Crippen LogP contribution in [-0.4, -0.2) is 30.3 Å². The lowest BCUT2D eigenvalue weighted by Crippen LogP contribution is -2.52. The Labute approximate surface area is 72.7 Å². The second-order valence-electron chi connectivity index (χ2n) is 3.40. The second kappa shape index (κ2) is 4.42. The van der Waals surface area contributed by atoms with Gasteiger partial charge >= 0.3 is 5.97 Å². The molecule has 1 atom stereocenters. The van der Waals surface area contributed by atoms with Gasteiger partial charge in [-0.1, -0.05) is 13.8 Å². The minimum atomic E-state index is -1.23. The number of esters is 1. The molecule has 4 nitrogen and oxygen atoms in total. The highest BCUT2D eigenvalue weighted by Crippen LogP contribution is 2.14. The number of aliphatic hydroxyl groups excluding tert-OH is 1. The highest BCUT2D eigenvalue weighted by molar-refractivity contribution is 5.80. The molecule has 0 rings (SSSR count). The molecule has 0 aliphatic heterocycles. The van der Waals surface area contributed by atoms with Crippen LogP contribution < -0.4 is 5.73 Å². The fraction of sp³-hybridized carbons (Fsp3) is 0.875. The molecule has 0 aliphatic carbocycles. The van der Waals surface area contributed by atoms with Crippen molar-refractivity contribution in [3.63, 3.8) is 0 Å².